The smallest absolute Gasteiger partial charge is 0.475 e. The van der Waals surface area contributed by atoms with Gasteiger partial charge in [0.1, 0.15) is 0 Å². The number of H-pyrrole nitrogens is 1. The topological polar surface area (TPSA) is 121 Å². The lowest BCUT2D eigenvalue weighted by molar-refractivity contribution is -0.192. The predicted molar refractivity (Wildman–Crippen MR) is 129 cm³/mol. The Morgan fingerprint density at radius 3 is 2.31 bits per heavy atom. The first-order valence-electron chi connectivity index (χ1n) is 11.6. The lowest BCUT2D eigenvalue weighted by atomic mass is 9.86. The van der Waals surface area contributed by atoms with Crippen LogP contribution in [-0.4, -0.2) is 50.7 Å². The zero-order valence-electron chi connectivity index (χ0n) is 20.0. The van der Waals surface area contributed by atoms with Crippen molar-refractivity contribution in [1.82, 2.24) is 14.5 Å². The number of hydrogen-bond donors (Lipinski definition) is 3. The van der Waals surface area contributed by atoms with Crippen LogP contribution in [0, 0.1) is 0 Å². The molecule has 3 aromatic rings. The van der Waals surface area contributed by atoms with Crippen molar-refractivity contribution in [2.75, 3.05) is 13.1 Å². The highest BCUT2D eigenvalue weighted by Gasteiger charge is 2.38. The fourth-order valence-corrected chi connectivity index (χ4v) is 4.46. The minimum absolute atomic E-state index is 0.0277. The lowest BCUT2D eigenvalue weighted by Crippen LogP contribution is -2.38. The summed E-state index contributed by atoms with van der Waals surface area (Å²) in [6.45, 7) is 5.93. The molecule has 1 aromatic heterocycles. The highest BCUT2D eigenvalue weighted by atomic mass is 19.4. The zero-order valence-corrected chi connectivity index (χ0v) is 20.0. The van der Waals surface area contributed by atoms with Crippen LogP contribution in [0.5, 0.6) is 0 Å². The van der Waals surface area contributed by atoms with Crippen LogP contribution >= 0.6 is 0 Å². The minimum atomic E-state index is -5.08. The van der Waals surface area contributed by atoms with Crippen molar-refractivity contribution in [3.63, 3.8) is 0 Å². The molecule has 36 heavy (non-hydrogen) atoms. The first-order chi connectivity index (χ1) is 16.9. The molecule has 1 fully saturated rings. The SMILES string of the molecule is CC(C)n1c(=O)[nH]c2ccc(C(=O)N3CCC(c4ccccc4CN)CC3)cc21.O=C(O)C(F)(F)F. The van der Waals surface area contributed by atoms with E-state index < -0.39 is 12.1 Å². The molecule has 0 bridgehead atoms. The number of likely N-dealkylation sites (tertiary alicyclic amines) is 1. The molecule has 4 rings (SSSR count). The van der Waals surface area contributed by atoms with Gasteiger partial charge >= 0.3 is 17.8 Å². The number of nitrogens with zero attached hydrogens (tertiary/aromatic N) is 2. The van der Waals surface area contributed by atoms with Crippen LogP contribution in [0.25, 0.3) is 11.0 Å². The number of halogens is 3. The molecule has 0 spiro atoms. The van der Waals surface area contributed by atoms with E-state index >= 15 is 0 Å². The average Bonchev–Trinajstić information content (AvgIpc) is 3.18. The zero-order chi connectivity index (χ0) is 26.6. The summed E-state index contributed by atoms with van der Waals surface area (Å²) in [5, 5.41) is 7.12. The van der Waals surface area contributed by atoms with Crippen molar-refractivity contribution in [2.45, 2.75) is 51.4 Å². The maximum atomic E-state index is 13.1. The van der Waals surface area contributed by atoms with Crippen molar-refractivity contribution in [3.8, 4) is 0 Å². The Morgan fingerprint density at radius 2 is 1.75 bits per heavy atom. The highest BCUT2D eigenvalue weighted by Crippen LogP contribution is 2.31. The number of rotatable bonds is 4. The van der Waals surface area contributed by atoms with Crippen molar-refractivity contribution < 1.29 is 27.9 Å². The molecule has 0 unspecified atom stereocenters. The molecule has 8 nitrogen and oxygen atoms in total. The van der Waals surface area contributed by atoms with Gasteiger partial charge in [0.05, 0.1) is 11.0 Å². The molecule has 4 N–H and O–H groups in total. The molecule has 2 aromatic carbocycles. The van der Waals surface area contributed by atoms with E-state index in [-0.39, 0.29) is 17.6 Å². The third kappa shape index (κ3) is 5.96. The van der Waals surface area contributed by atoms with E-state index in [0.717, 1.165) is 37.0 Å². The van der Waals surface area contributed by atoms with Gasteiger partial charge in [-0.1, -0.05) is 24.3 Å². The van der Waals surface area contributed by atoms with Crippen LogP contribution in [-0.2, 0) is 11.3 Å². The second-order valence-electron chi connectivity index (χ2n) is 8.90. The molecular weight excluding hydrogens is 477 g/mol. The van der Waals surface area contributed by atoms with Gasteiger partial charge < -0.3 is 20.7 Å². The molecule has 11 heteroatoms. The van der Waals surface area contributed by atoms with E-state index in [4.69, 9.17) is 15.6 Å². The molecule has 1 aliphatic heterocycles. The van der Waals surface area contributed by atoms with E-state index in [2.05, 4.69) is 23.2 Å². The number of aromatic amines is 1. The summed E-state index contributed by atoms with van der Waals surface area (Å²) in [7, 11) is 0. The number of aromatic nitrogens is 2. The largest absolute Gasteiger partial charge is 0.490 e. The van der Waals surface area contributed by atoms with Crippen molar-refractivity contribution in [2.24, 2.45) is 5.73 Å². The Morgan fingerprint density at radius 1 is 1.14 bits per heavy atom. The summed E-state index contributed by atoms with van der Waals surface area (Å²) < 4.78 is 33.4. The summed E-state index contributed by atoms with van der Waals surface area (Å²) in [5.74, 6) is -2.29. The molecule has 0 saturated carbocycles. The van der Waals surface area contributed by atoms with Gasteiger partial charge in [-0.2, -0.15) is 13.2 Å². The summed E-state index contributed by atoms with van der Waals surface area (Å²) in [6, 6.07) is 13.8. The number of hydrogen-bond acceptors (Lipinski definition) is 4. The van der Waals surface area contributed by atoms with Gasteiger partial charge in [0.15, 0.2) is 0 Å². The third-order valence-electron chi connectivity index (χ3n) is 6.22. The average molecular weight is 507 g/mol. The fourth-order valence-electron chi connectivity index (χ4n) is 4.46. The lowest BCUT2D eigenvalue weighted by Gasteiger charge is -2.33. The van der Waals surface area contributed by atoms with Crippen molar-refractivity contribution in [1.29, 1.82) is 0 Å². The molecule has 0 atom stereocenters. The van der Waals surface area contributed by atoms with E-state index in [0.29, 0.717) is 18.0 Å². The Balaban J connectivity index is 0.000000454. The van der Waals surface area contributed by atoms with Gasteiger partial charge in [-0.05, 0) is 61.9 Å². The maximum absolute atomic E-state index is 13.1. The second kappa shape index (κ2) is 11.0. The number of carboxylic acids is 1. The molecule has 194 valence electrons. The summed E-state index contributed by atoms with van der Waals surface area (Å²) >= 11 is 0. The van der Waals surface area contributed by atoms with Crippen LogP contribution in [0.15, 0.2) is 47.3 Å². The summed E-state index contributed by atoms with van der Waals surface area (Å²) in [4.78, 5) is 39.0. The first-order valence-corrected chi connectivity index (χ1v) is 11.6. The number of piperidine rings is 1. The van der Waals surface area contributed by atoms with Gasteiger partial charge in [-0.3, -0.25) is 9.36 Å². The Kier molecular flexibility index (Phi) is 8.24. The Hall–Kier alpha value is -3.60. The molecule has 1 aliphatic rings. The number of aliphatic carboxylic acids is 1. The number of alkyl halides is 3. The van der Waals surface area contributed by atoms with E-state index in [9.17, 15) is 22.8 Å². The maximum Gasteiger partial charge on any atom is 0.490 e. The number of fused-ring (bicyclic) bond motifs is 1. The van der Waals surface area contributed by atoms with E-state index in [1.54, 1.807) is 10.6 Å². The van der Waals surface area contributed by atoms with Crippen LogP contribution in [0.1, 0.15) is 60.1 Å². The van der Waals surface area contributed by atoms with Crippen molar-refractivity contribution in [3.05, 3.63) is 69.6 Å². The van der Waals surface area contributed by atoms with Gasteiger partial charge in [0.25, 0.3) is 5.91 Å². The number of imidazole rings is 1. The molecule has 1 saturated heterocycles. The number of carboxylic acid groups (broad SMARTS) is 1. The number of benzene rings is 2. The molecule has 1 amide bonds. The van der Waals surface area contributed by atoms with Crippen LogP contribution in [0.4, 0.5) is 13.2 Å². The van der Waals surface area contributed by atoms with Crippen molar-refractivity contribution >= 4 is 22.9 Å². The Labute approximate surface area is 205 Å². The number of carbonyl (C=O) groups excluding carboxylic acids is 1. The minimum Gasteiger partial charge on any atom is -0.475 e. The molecule has 2 heterocycles. The monoisotopic (exact) mass is 506 g/mol. The number of nitrogens with one attached hydrogen (secondary N) is 1. The predicted octanol–water partition coefficient (Wildman–Crippen LogP) is 4.02. The normalized spacial score (nSPS) is 14.6. The molecule has 0 aliphatic carbocycles. The molecule has 0 radical (unpaired) electrons. The third-order valence-corrected chi connectivity index (χ3v) is 6.22. The summed E-state index contributed by atoms with van der Waals surface area (Å²) in [5.41, 5.74) is 10.4. The molecular formula is C25H29F3N4O4. The highest BCUT2D eigenvalue weighted by molar-refractivity contribution is 5.97. The van der Waals surface area contributed by atoms with Crippen LogP contribution in [0.3, 0.4) is 0 Å². The number of nitrogens with two attached hydrogens (primary N) is 1. The first kappa shape index (κ1) is 27.0. The van der Waals surface area contributed by atoms with Gasteiger partial charge in [0, 0.05) is 31.2 Å². The van der Waals surface area contributed by atoms with E-state index in [1.807, 2.05) is 36.9 Å². The Bertz CT molecular complexity index is 1290. The van der Waals surface area contributed by atoms with Gasteiger partial charge in [0.2, 0.25) is 0 Å². The van der Waals surface area contributed by atoms with E-state index in [1.165, 1.54) is 11.1 Å². The standard InChI is InChI=1S/C23H28N4O2.C2HF3O2/c1-15(2)27-21-13-17(7-8-20(21)25-23(27)29)22(28)26-11-9-16(10-12-26)19-6-4-3-5-18(19)14-24;3-2(4,5)1(6)7/h3-8,13,15-16H,9-12,14,24H2,1-2H3,(H,25,29);(H,6,7). The fraction of sp³-hybridized carbons (Fsp3) is 0.400. The van der Waals surface area contributed by atoms with Crippen LogP contribution in [0.2, 0.25) is 0 Å². The van der Waals surface area contributed by atoms with Gasteiger partial charge in [-0.15, -0.1) is 0 Å². The second-order valence-corrected chi connectivity index (χ2v) is 8.90. The number of carbonyl (C=O) groups is 2. The quantitative estimate of drug-likeness (QED) is 0.494. The summed E-state index contributed by atoms with van der Waals surface area (Å²) in [6.07, 6.45) is -3.21. The van der Waals surface area contributed by atoms with Gasteiger partial charge in [-0.25, -0.2) is 9.59 Å². The number of amides is 1. The van der Waals surface area contributed by atoms with Crippen LogP contribution < -0.4 is 11.4 Å².